The first kappa shape index (κ1) is 12.1. The Kier molecular flexibility index (Phi) is 4.63. The van der Waals surface area contributed by atoms with Crippen LogP contribution in [-0.2, 0) is 0 Å². The van der Waals surface area contributed by atoms with Crippen LogP contribution in [0.25, 0.3) is 0 Å². The quantitative estimate of drug-likeness (QED) is 0.751. The third kappa shape index (κ3) is 3.56. The monoisotopic (exact) mass is 206 g/mol. The van der Waals surface area contributed by atoms with E-state index in [-0.39, 0.29) is 0 Å². The highest BCUT2D eigenvalue weighted by molar-refractivity contribution is 5.41. The molecule has 0 saturated carbocycles. The van der Waals surface area contributed by atoms with Gasteiger partial charge in [0.15, 0.2) is 0 Å². The van der Waals surface area contributed by atoms with Crippen LogP contribution in [0.5, 0.6) is 0 Å². The number of hydrogen-bond acceptors (Lipinski definition) is 2. The fraction of sp³-hybridized carbons (Fsp3) is 0.538. The summed E-state index contributed by atoms with van der Waals surface area (Å²) < 4.78 is 0. The van der Waals surface area contributed by atoms with Crippen molar-refractivity contribution in [2.75, 3.05) is 25.4 Å². The molecule has 0 spiro atoms. The summed E-state index contributed by atoms with van der Waals surface area (Å²) in [5.74, 6) is 0.549. The van der Waals surface area contributed by atoms with E-state index in [9.17, 15) is 0 Å². The van der Waals surface area contributed by atoms with Gasteiger partial charge in [-0.3, -0.25) is 0 Å². The Labute approximate surface area is 93.1 Å². The average molecular weight is 206 g/mol. The highest BCUT2D eigenvalue weighted by Crippen LogP contribution is 2.18. The summed E-state index contributed by atoms with van der Waals surface area (Å²) in [6.45, 7) is 10.0. The normalized spacial score (nSPS) is 13.1. The van der Waals surface area contributed by atoms with E-state index in [2.05, 4.69) is 37.8 Å². The zero-order valence-corrected chi connectivity index (χ0v) is 10.0. The van der Waals surface area contributed by atoms with E-state index in [0.29, 0.717) is 5.92 Å². The maximum absolute atomic E-state index is 5.78. The van der Waals surface area contributed by atoms with Crippen molar-refractivity contribution < 1.29 is 0 Å². The molecule has 0 aliphatic rings. The topological polar surface area (TPSA) is 29.3 Å². The van der Waals surface area contributed by atoms with Gasteiger partial charge in [-0.2, -0.15) is 0 Å². The summed E-state index contributed by atoms with van der Waals surface area (Å²) >= 11 is 0. The number of rotatable bonds is 5. The van der Waals surface area contributed by atoms with Gasteiger partial charge in [0.1, 0.15) is 0 Å². The van der Waals surface area contributed by atoms with Crippen LogP contribution in [0.1, 0.15) is 32.3 Å². The molecule has 0 aliphatic heterocycles. The molecule has 0 heterocycles. The molecule has 1 rings (SSSR count). The van der Waals surface area contributed by atoms with Gasteiger partial charge in [-0.25, -0.2) is 0 Å². The van der Waals surface area contributed by atoms with E-state index in [4.69, 9.17) is 5.73 Å². The zero-order chi connectivity index (χ0) is 11.3. The number of nitrogens with two attached hydrogens (primary N) is 1. The van der Waals surface area contributed by atoms with Crippen molar-refractivity contribution in [1.82, 2.24) is 4.90 Å². The summed E-state index contributed by atoms with van der Waals surface area (Å²) in [7, 11) is 0. The summed E-state index contributed by atoms with van der Waals surface area (Å²) in [6, 6.07) is 8.20. The van der Waals surface area contributed by atoms with E-state index < -0.39 is 0 Å². The lowest BCUT2D eigenvalue weighted by molar-refractivity contribution is 0.288. The van der Waals surface area contributed by atoms with Crippen LogP contribution in [0.4, 0.5) is 5.69 Å². The molecule has 15 heavy (non-hydrogen) atoms. The largest absolute Gasteiger partial charge is 0.399 e. The molecule has 0 aromatic heterocycles. The highest BCUT2D eigenvalue weighted by atomic mass is 15.1. The van der Waals surface area contributed by atoms with Crippen molar-refractivity contribution in [3.63, 3.8) is 0 Å². The predicted molar refractivity (Wildman–Crippen MR) is 67.1 cm³/mol. The summed E-state index contributed by atoms with van der Waals surface area (Å²) in [5, 5.41) is 0. The number of hydrogen-bond donors (Lipinski definition) is 1. The lowest BCUT2D eigenvalue weighted by Gasteiger charge is -2.23. The van der Waals surface area contributed by atoms with Crippen LogP contribution in [-0.4, -0.2) is 24.5 Å². The second kappa shape index (κ2) is 5.76. The Morgan fingerprint density at radius 2 is 1.93 bits per heavy atom. The molecule has 84 valence electrons. The summed E-state index contributed by atoms with van der Waals surface area (Å²) in [5.41, 5.74) is 7.97. The van der Waals surface area contributed by atoms with Gasteiger partial charge in [-0.05, 0) is 36.7 Å². The average Bonchev–Trinajstić information content (AvgIpc) is 2.25. The van der Waals surface area contributed by atoms with Crippen LogP contribution in [0, 0.1) is 0 Å². The molecule has 0 saturated heterocycles. The molecule has 1 aromatic rings. The van der Waals surface area contributed by atoms with Crippen molar-refractivity contribution in [3.8, 4) is 0 Å². The van der Waals surface area contributed by atoms with E-state index in [1.54, 1.807) is 0 Å². The van der Waals surface area contributed by atoms with Crippen LogP contribution >= 0.6 is 0 Å². The fourth-order valence-electron chi connectivity index (χ4n) is 1.84. The van der Waals surface area contributed by atoms with Crippen molar-refractivity contribution in [2.45, 2.75) is 26.7 Å². The Morgan fingerprint density at radius 1 is 1.27 bits per heavy atom. The van der Waals surface area contributed by atoms with Crippen LogP contribution in [0.3, 0.4) is 0 Å². The first-order valence-electron chi connectivity index (χ1n) is 5.75. The molecule has 2 N–H and O–H groups in total. The number of nitrogens with zero attached hydrogens (tertiary/aromatic N) is 1. The second-order valence-corrected chi connectivity index (χ2v) is 4.06. The van der Waals surface area contributed by atoms with Gasteiger partial charge in [0, 0.05) is 12.2 Å². The molecule has 0 aliphatic carbocycles. The van der Waals surface area contributed by atoms with Gasteiger partial charge >= 0.3 is 0 Å². The van der Waals surface area contributed by atoms with Crippen molar-refractivity contribution >= 4 is 5.69 Å². The molecule has 0 fully saturated rings. The number of likely N-dealkylation sites (N-methyl/N-ethyl adjacent to an activating group) is 1. The minimum Gasteiger partial charge on any atom is -0.399 e. The van der Waals surface area contributed by atoms with E-state index in [0.717, 1.165) is 25.3 Å². The highest BCUT2D eigenvalue weighted by Gasteiger charge is 2.09. The van der Waals surface area contributed by atoms with Gasteiger partial charge in [0.25, 0.3) is 0 Å². The Hall–Kier alpha value is -1.02. The Morgan fingerprint density at radius 3 is 2.47 bits per heavy atom. The SMILES string of the molecule is CCN(CC)CC(C)c1cccc(N)c1. The van der Waals surface area contributed by atoms with Gasteiger partial charge < -0.3 is 10.6 Å². The summed E-state index contributed by atoms with van der Waals surface area (Å²) in [4.78, 5) is 2.44. The van der Waals surface area contributed by atoms with E-state index in [1.165, 1.54) is 5.56 Å². The zero-order valence-electron chi connectivity index (χ0n) is 10.0. The molecule has 0 amide bonds. The van der Waals surface area contributed by atoms with Crippen molar-refractivity contribution in [1.29, 1.82) is 0 Å². The molecule has 0 radical (unpaired) electrons. The molecule has 2 nitrogen and oxygen atoms in total. The third-order valence-electron chi connectivity index (χ3n) is 2.91. The van der Waals surface area contributed by atoms with Gasteiger partial charge in [-0.15, -0.1) is 0 Å². The van der Waals surface area contributed by atoms with Gasteiger partial charge in [-0.1, -0.05) is 32.9 Å². The summed E-state index contributed by atoms with van der Waals surface area (Å²) in [6.07, 6.45) is 0. The smallest absolute Gasteiger partial charge is 0.0316 e. The standard InChI is InChI=1S/C13H22N2/c1-4-15(5-2)10-11(3)12-7-6-8-13(14)9-12/h6-9,11H,4-5,10,14H2,1-3H3. The number of benzene rings is 1. The lowest BCUT2D eigenvalue weighted by Crippen LogP contribution is -2.27. The number of anilines is 1. The molecule has 2 heteroatoms. The van der Waals surface area contributed by atoms with Crippen LogP contribution in [0.2, 0.25) is 0 Å². The Bertz CT molecular complexity index is 292. The Balaban J connectivity index is 2.64. The first-order valence-corrected chi connectivity index (χ1v) is 5.75. The van der Waals surface area contributed by atoms with Crippen LogP contribution < -0.4 is 5.73 Å². The van der Waals surface area contributed by atoms with Crippen molar-refractivity contribution in [3.05, 3.63) is 29.8 Å². The minimum absolute atomic E-state index is 0.549. The molecule has 1 unspecified atom stereocenters. The maximum Gasteiger partial charge on any atom is 0.0316 e. The number of nitrogen functional groups attached to an aromatic ring is 1. The second-order valence-electron chi connectivity index (χ2n) is 4.06. The molecular weight excluding hydrogens is 184 g/mol. The maximum atomic E-state index is 5.78. The third-order valence-corrected chi connectivity index (χ3v) is 2.91. The van der Waals surface area contributed by atoms with E-state index in [1.807, 2.05) is 12.1 Å². The van der Waals surface area contributed by atoms with Gasteiger partial charge in [0.05, 0.1) is 0 Å². The lowest BCUT2D eigenvalue weighted by atomic mass is 10.00. The van der Waals surface area contributed by atoms with E-state index >= 15 is 0 Å². The molecule has 1 aromatic carbocycles. The molecular formula is C13H22N2. The first-order chi connectivity index (χ1) is 7.17. The van der Waals surface area contributed by atoms with Crippen LogP contribution in [0.15, 0.2) is 24.3 Å². The minimum atomic E-state index is 0.549. The molecule has 1 atom stereocenters. The molecule has 0 bridgehead atoms. The van der Waals surface area contributed by atoms with Gasteiger partial charge in [0.2, 0.25) is 0 Å². The fourth-order valence-corrected chi connectivity index (χ4v) is 1.84. The predicted octanol–water partition coefficient (Wildman–Crippen LogP) is 2.71. The van der Waals surface area contributed by atoms with Crippen molar-refractivity contribution in [2.24, 2.45) is 0 Å².